The van der Waals surface area contributed by atoms with Gasteiger partial charge in [-0.15, -0.1) is 11.3 Å². The van der Waals surface area contributed by atoms with Crippen LogP contribution in [0.4, 0.5) is 0 Å². The van der Waals surface area contributed by atoms with Crippen molar-refractivity contribution in [1.29, 1.82) is 0 Å². The Hall–Kier alpha value is -0.910. The smallest absolute Gasteiger partial charge is 0.249 e. The summed E-state index contributed by atoms with van der Waals surface area (Å²) in [4.78, 5) is 11.5. The van der Waals surface area contributed by atoms with Gasteiger partial charge in [0.05, 0.1) is 0 Å². The molecule has 5 heteroatoms. The van der Waals surface area contributed by atoms with E-state index in [0.717, 1.165) is 4.88 Å². The largest absolute Gasteiger partial charge is 0.385 e. The van der Waals surface area contributed by atoms with E-state index in [0.29, 0.717) is 5.56 Å². The first-order valence-electron chi connectivity index (χ1n) is 3.73. The number of hydrogen-bond acceptors (Lipinski definition) is 4. The summed E-state index contributed by atoms with van der Waals surface area (Å²) in [5.74, 6) is -0.920. The van der Waals surface area contributed by atoms with Crippen LogP contribution in [0.5, 0.6) is 0 Å². The second-order valence-corrected chi connectivity index (χ2v) is 3.90. The highest BCUT2D eigenvalue weighted by Crippen LogP contribution is 2.22. The van der Waals surface area contributed by atoms with Gasteiger partial charge in [0.15, 0.2) is 6.10 Å². The zero-order valence-corrected chi connectivity index (χ0v) is 7.91. The van der Waals surface area contributed by atoms with Gasteiger partial charge in [0, 0.05) is 4.88 Å². The van der Waals surface area contributed by atoms with Crippen LogP contribution in [0.1, 0.15) is 16.5 Å². The minimum atomic E-state index is -1.53. The van der Waals surface area contributed by atoms with Crippen LogP contribution in [0.2, 0.25) is 0 Å². The number of thiophene rings is 1. The maximum atomic E-state index is 10.5. The van der Waals surface area contributed by atoms with Gasteiger partial charge in [0.25, 0.3) is 0 Å². The van der Waals surface area contributed by atoms with E-state index in [1.807, 2.05) is 6.92 Å². The van der Waals surface area contributed by atoms with Gasteiger partial charge >= 0.3 is 0 Å². The number of aryl methyl sites for hydroxylation is 1. The van der Waals surface area contributed by atoms with Gasteiger partial charge in [-0.1, -0.05) is 0 Å². The lowest BCUT2D eigenvalue weighted by atomic mass is 10.1. The zero-order valence-electron chi connectivity index (χ0n) is 7.10. The Labute approximate surface area is 79.6 Å². The van der Waals surface area contributed by atoms with E-state index in [9.17, 15) is 9.90 Å². The molecule has 1 heterocycles. The van der Waals surface area contributed by atoms with Crippen LogP contribution in [0.3, 0.4) is 0 Å². The molecule has 1 aromatic heterocycles. The SMILES string of the molecule is Cc1cc(C(O)C(O)C(N)=O)cs1. The fourth-order valence-corrected chi connectivity index (χ4v) is 1.69. The predicted octanol–water partition coefficient (Wildman–Crippen LogP) is -0.0639. The molecule has 1 aromatic rings. The first kappa shape index (κ1) is 10.2. The molecule has 1 rings (SSSR count). The van der Waals surface area contributed by atoms with Gasteiger partial charge in [0.2, 0.25) is 5.91 Å². The molecule has 0 spiro atoms. The molecule has 4 nitrogen and oxygen atoms in total. The molecule has 0 radical (unpaired) electrons. The Balaban J connectivity index is 2.78. The lowest BCUT2D eigenvalue weighted by Crippen LogP contribution is -2.33. The third kappa shape index (κ3) is 2.27. The molecule has 0 aromatic carbocycles. The Bertz CT molecular complexity index is 310. The number of aliphatic hydroxyl groups excluding tert-OH is 2. The van der Waals surface area contributed by atoms with Crippen molar-refractivity contribution in [1.82, 2.24) is 0 Å². The van der Waals surface area contributed by atoms with Crippen LogP contribution in [-0.4, -0.2) is 22.2 Å². The number of primary amides is 1. The summed E-state index contributed by atoms with van der Waals surface area (Å²) in [6.45, 7) is 1.87. The molecule has 2 unspecified atom stereocenters. The van der Waals surface area contributed by atoms with E-state index in [1.165, 1.54) is 11.3 Å². The van der Waals surface area contributed by atoms with Gasteiger partial charge < -0.3 is 15.9 Å². The normalized spacial score (nSPS) is 15.3. The number of aliphatic hydroxyl groups is 2. The van der Waals surface area contributed by atoms with Crippen LogP contribution in [-0.2, 0) is 4.79 Å². The van der Waals surface area contributed by atoms with Crippen molar-refractivity contribution >= 4 is 17.2 Å². The van der Waals surface area contributed by atoms with E-state index >= 15 is 0 Å². The summed E-state index contributed by atoms with van der Waals surface area (Å²) >= 11 is 1.44. The predicted molar refractivity (Wildman–Crippen MR) is 49.2 cm³/mol. The van der Waals surface area contributed by atoms with Crippen LogP contribution < -0.4 is 5.73 Å². The molecular weight excluding hydrogens is 190 g/mol. The Morgan fingerprint density at radius 3 is 2.62 bits per heavy atom. The first-order valence-corrected chi connectivity index (χ1v) is 4.61. The van der Waals surface area contributed by atoms with Crippen molar-refractivity contribution in [3.63, 3.8) is 0 Å². The lowest BCUT2D eigenvalue weighted by Gasteiger charge is -2.12. The average molecular weight is 201 g/mol. The van der Waals surface area contributed by atoms with E-state index in [1.54, 1.807) is 11.4 Å². The molecular formula is C8H11NO3S. The second kappa shape index (κ2) is 3.87. The van der Waals surface area contributed by atoms with Crippen LogP contribution >= 0.6 is 11.3 Å². The lowest BCUT2D eigenvalue weighted by molar-refractivity contribution is -0.131. The third-order valence-corrected chi connectivity index (χ3v) is 2.56. The highest BCUT2D eigenvalue weighted by Gasteiger charge is 2.23. The van der Waals surface area contributed by atoms with Crippen molar-refractivity contribution in [3.05, 3.63) is 21.9 Å². The molecule has 0 saturated heterocycles. The number of amides is 1. The molecule has 1 amide bonds. The summed E-state index contributed by atoms with van der Waals surface area (Å²) < 4.78 is 0. The van der Waals surface area contributed by atoms with Crippen molar-refractivity contribution < 1.29 is 15.0 Å². The third-order valence-electron chi connectivity index (χ3n) is 1.68. The van der Waals surface area contributed by atoms with E-state index < -0.39 is 18.1 Å². The fourth-order valence-electron chi connectivity index (χ4n) is 0.957. The number of carbonyl (C=O) groups is 1. The van der Waals surface area contributed by atoms with Gasteiger partial charge in [-0.05, 0) is 23.9 Å². The minimum Gasteiger partial charge on any atom is -0.385 e. The summed E-state index contributed by atoms with van der Waals surface area (Å²) in [7, 11) is 0. The number of hydrogen-bond donors (Lipinski definition) is 3. The molecule has 0 fully saturated rings. The standard InChI is InChI=1S/C8H11NO3S/c1-4-2-5(3-13-4)6(10)7(11)8(9)12/h2-3,6-7,10-11H,1H3,(H2,9,12). The van der Waals surface area contributed by atoms with Crippen molar-refractivity contribution in [2.45, 2.75) is 19.1 Å². The van der Waals surface area contributed by atoms with Crippen LogP contribution in [0.15, 0.2) is 11.4 Å². The molecule has 4 N–H and O–H groups in total. The highest BCUT2D eigenvalue weighted by atomic mass is 32.1. The fraction of sp³-hybridized carbons (Fsp3) is 0.375. The highest BCUT2D eigenvalue weighted by molar-refractivity contribution is 7.10. The average Bonchev–Trinajstić information content (AvgIpc) is 2.49. The second-order valence-electron chi connectivity index (χ2n) is 2.78. The Morgan fingerprint density at radius 1 is 1.62 bits per heavy atom. The first-order chi connectivity index (χ1) is 6.02. The molecule has 13 heavy (non-hydrogen) atoms. The topological polar surface area (TPSA) is 83.6 Å². The minimum absolute atomic E-state index is 0.522. The quantitative estimate of drug-likeness (QED) is 0.640. The van der Waals surface area contributed by atoms with Gasteiger partial charge in [0.1, 0.15) is 6.10 Å². The van der Waals surface area contributed by atoms with Crippen LogP contribution in [0, 0.1) is 6.92 Å². The van der Waals surface area contributed by atoms with E-state index in [-0.39, 0.29) is 0 Å². The van der Waals surface area contributed by atoms with Gasteiger partial charge in [-0.25, -0.2) is 0 Å². The van der Waals surface area contributed by atoms with Crippen molar-refractivity contribution in [2.24, 2.45) is 5.73 Å². The van der Waals surface area contributed by atoms with Crippen molar-refractivity contribution in [2.75, 3.05) is 0 Å². The summed E-state index contributed by atoms with van der Waals surface area (Å²) in [5.41, 5.74) is 5.36. The molecule has 2 atom stereocenters. The molecule has 0 bridgehead atoms. The Morgan fingerprint density at radius 2 is 2.23 bits per heavy atom. The molecule has 0 aliphatic carbocycles. The van der Waals surface area contributed by atoms with Crippen LogP contribution in [0.25, 0.3) is 0 Å². The summed E-state index contributed by atoms with van der Waals surface area (Å²) in [5, 5.41) is 20.3. The van der Waals surface area contributed by atoms with E-state index in [2.05, 4.69) is 0 Å². The summed E-state index contributed by atoms with van der Waals surface area (Å²) in [6, 6.07) is 1.71. The zero-order chi connectivity index (χ0) is 10.0. The maximum Gasteiger partial charge on any atom is 0.249 e. The van der Waals surface area contributed by atoms with Gasteiger partial charge in [-0.3, -0.25) is 4.79 Å². The maximum absolute atomic E-state index is 10.5. The number of nitrogens with two attached hydrogens (primary N) is 1. The van der Waals surface area contributed by atoms with E-state index in [4.69, 9.17) is 10.8 Å². The van der Waals surface area contributed by atoms with Crippen molar-refractivity contribution in [3.8, 4) is 0 Å². The number of carbonyl (C=O) groups excluding carboxylic acids is 1. The Kier molecular flexibility index (Phi) is 3.02. The summed E-state index contributed by atoms with van der Waals surface area (Å²) in [6.07, 6.45) is -2.75. The molecule has 0 saturated carbocycles. The number of rotatable bonds is 3. The monoisotopic (exact) mass is 201 g/mol. The van der Waals surface area contributed by atoms with Gasteiger partial charge in [-0.2, -0.15) is 0 Å². The molecule has 72 valence electrons. The molecule has 0 aliphatic heterocycles. The molecule has 0 aliphatic rings.